The first-order valence-electron chi connectivity index (χ1n) is 11.6. The van der Waals surface area contributed by atoms with Crippen molar-refractivity contribution in [3.05, 3.63) is 101 Å². The molecule has 0 radical (unpaired) electrons. The van der Waals surface area contributed by atoms with Gasteiger partial charge in [-0.25, -0.2) is 4.99 Å². The number of methoxy groups -OCH3 is 1. The molecule has 0 saturated carbocycles. The van der Waals surface area contributed by atoms with Crippen molar-refractivity contribution in [1.29, 1.82) is 5.41 Å². The van der Waals surface area contributed by atoms with Crippen LogP contribution in [0.25, 0.3) is 5.76 Å². The summed E-state index contributed by atoms with van der Waals surface area (Å²) in [5, 5.41) is 9.88. The molecule has 1 amide bonds. The molecule has 0 bridgehead atoms. The number of aliphatic imine (C=N–C) groups is 1. The summed E-state index contributed by atoms with van der Waals surface area (Å²) in [4.78, 5) is 28.1. The normalized spacial score (nSPS) is 11.2. The number of nitrogens with one attached hydrogen (secondary N) is 2. The van der Waals surface area contributed by atoms with Crippen molar-refractivity contribution >= 4 is 30.2 Å². The average molecular weight is 500 g/mol. The lowest BCUT2D eigenvalue weighted by molar-refractivity contribution is -0.140. The van der Waals surface area contributed by atoms with Gasteiger partial charge >= 0.3 is 5.97 Å². The minimum atomic E-state index is -0.573. The predicted molar refractivity (Wildman–Crippen MR) is 143 cm³/mol. The van der Waals surface area contributed by atoms with E-state index in [9.17, 15) is 9.59 Å². The SMILES string of the molecule is COC(=O)CNC(=O)C=C(OCc1ccccc1)c1cccc(Oc2c(C)cccc2C)c1C=NC=N. The second-order valence-electron chi connectivity index (χ2n) is 8.02. The van der Waals surface area contributed by atoms with Crippen molar-refractivity contribution < 1.29 is 23.8 Å². The smallest absolute Gasteiger partial charge is 0.325 e. The highest BCUT2D eigenvalue weighted by Gasteiger charge is 2.17. The number of nitrogens with zero attached hydrogens (tertiary/aromatic N) is 1. The quantitative estimate of drug-likeness (QED) is 0.127. The highest BCUT2D eigenvalue weighted by Crippen LogP contribution is 2.34. The van der Waals surface area contributed by atoms with Gasteiger partial charge < -0.3 is 19.5 Å². The lowest BCUT2D eigenvalue weighted by Gasteiger charge is -2.18. The summed E-state index contributed by atoms with van der Waals surface area (Å²) in [5.74, 6) is 0.311. The first kappa shape index (κ1) is 26.9. The molecule has 0 aliphatic carbocycles. The van der Waals surface area contributed by atoms with Crippen LogP contribution in [-0.2, 0) is 25.7 Å². The molecule has 0 unspecified atom stereocenters. The summed E-state index contributed by atoms with van der Waals surface area (Å²) < 4.78 is 17.0. The third-order valence-corrected chi connectivity index (χ3v) is 5.36. The average Bonchev–Trinajstić information content (AvgIpc) is 2.91. The molecule has 3 aromatic carbocycles. The molecule has 3 rings (SSSR count). The Morgan fingerprint density at radius 1 is 0.973 bits per heavy atom. The van der Waals surface area contributed by atoms with Gasteiger partial charge in [-0.1, -0.05) is 60.7 Å². The van der Waals surface area contributed by atoms with Crippen LogP contribution in [-0.4, -0.2) is 38.1 Å². The highest BCUT2D eigenvalue weighted by molar-refractivity contribution is 5.99. The molecule has 0 aliphatic rings. The van der Waals surface area contributed by atoms with E-state index in [-0.39, 0.29) is 18.9 Å². The highest BCUT2D eigenvalue weighted by atomic mass is 16.5. The monoisotopic (exact) mass is 499 g/mol. The van der Waals surface area contributed by atoms with Crippen LogP contribution in [0, 0.1) is 19.3 Å². The van der Waals surface area contributed by atoms with E-state index in [1.807, 2.05) is 62.4 Å². The van der Waals surface area contributed by atoms with Crippen molar-refractivity contribution in [1.82, 2.24) is 5.32 Å². The van der Waals surface area contributed by atoms with Crippen LogP contribution >= 0.6 is 0 Å². The fourth-order valence-electron chi connectivity index (χ4n) is 3.50. The molecule has 0 aromatic heterocycles. The van der Waals surface area contributed by atoms with Gasteiger partial charge in [-0.05, 0) is 36.6 Å². The van der Waals surface area contributed by atoms with Gasteiger partial charge in [0.25, 0.3) is 0 Å². The Bertz CT molecular complexity index is 1300. The molecule has 0 heterocycles. The number of hydrogen-bond acceptors (Lipinski definition) is 6. The van der Waals surface area contributed by atoms with Crippen LogP contribution in [0.3, 0.4) is 0 Å². The van der Waals surface area contributed by atoms with Crippen LogP contribution in [0.15, 0.2) is 77.8 Å². The van der Waals surface area contributed by atoms with Crippen LogP contribution < -0.4 is 10.1 Å². The van der Waals surface area contributed by atoms with Gasteiger partial charge in [0.2, 0.25) is 5.91 Å². The molecule has 3 aromatic rings. The van der Waals surface area contributed by atoms with E-state index in [4.69, 9.17) is 14.9 Å². The van der Waals surface area contributed by atoms with E-state index >= 15 is 0 Å². The van der Waals surface area contributed by atoms with Crippen LogP contribution in [0.5, 0.6) is 11.5 Å². The predicted octanol–water partition coefficient (Wildman–Crippen LogP) is 4.97. The lowest BCUT2D eigenvalue weighted by Crippen LogP contribution is -2.29. The largest absolute Gasteiger partial charge is 0.488 e. The summed E-state index contributed by atoms with van der Waals surface area (Å²) in [6, 6.07) is 20.7. The molecular weight excluding hydrogens is 470 g/mol. The van der Waals surface area contributed by atoms with Crippen LogP contribution in [0.4, 0.5) is 0 Å². The Labute approximate surface area is 216 Å². The van der Waals surface area contributed by atoms with Crippen molar-refractivity contribution in [3.8, 4) is 11.5 Å². The number of amides is 1. The number of ether oxygens (including phenoxy) is 3. The zero-order valence-corrected chi connectivity index (χ0v) is 21.0. The van der Waals surface area contributed by atoms with Gasteiger partial charge in [-0.2, -0.15) is 0 Å². The fraction of sp³-hybridized carbons (Fsp3) is 0.172. The van der Waals surface area contributed by atoms with E-state index < -0.39 is 11.9 Å². The minimum Gasteiger partial charge on any atom is -0.488 e. The lowest BCUT2D eigenvalue weighted by atomic mass is 10.0. The number of carbonyl (C=O) groups is 2. The number of para-hydroxylation sites is 1. The van der Waals surface area contributed by atoms with Crippen LogP contribution in [0.2, 0.25) is 0 Å². The molecule has 0 atom stereocenters. The molecule has 0 fully saturated rings. The summed E-state index contributed by atoms with van der Waals surface area (Å²) >= 11 is 0. The Morgan fingerprint density at radius 2 is 1.68 bits per heavy atom. The number of carbonyl (C=O) groups excluding carboxylic acids is 2. The van der Waals surface area contributed by atoms with E-state index in [1.165, 1.54) is 19.4 Å². The molecule has 8 nitrogen and oxygen atoms in total. The third kappa shape index (κ3) is 7.63. The summed E-state index contributed by atoms with van der Waals surface area (Å²) in [5.41, 5.74) is 3.87. The minimum absolute atomic E-state index is 0.195. The number of rotatable bonds is 11. The topological polar surface area (TPSA) is 110 Å². The van der Waals surface area contributed by atoms with E-state index in [0.717, 1.165) is 23.0 Å². The number of aryl methyl sites for hydroxylation is 2. The van der Waals surface area contributed by atoms with Crippen molar-refractivity contribution in [2.75, 3.05) is 13.7 Å². The summed E-state index contributed by atoms with van der Waals surface area (Å²) in [7, 11) is 1.25. The molecule has 0 spiro atoms. The molecule has 190 valence electrons. The summed E-state index contributed by atoms with van der Waals surface area (Å²) in [6.07, 6.45) is 3.67. The number of esters is 1. The van der Waals surface area contributed by atoms with E-state index in [1.54, 1.807) is 18.2 Å². The fourth-order valence-corrected chi connectivity index (χ4v) is 3.50. The van der Waals surface area contributed by atoms with Gasteiger partial charge in [0, 0.05) is 23.4 Å². The van der Waals surface area contributed by atoms with Crippen LogP contribution in [0.1, 0.15) is 27.8 Å². The standard InChI is InChI=1S/C29H29N3O5/c1-20-9-7-10-21(2)29(20)37-25-14-8-13-23(24(25)16-31-19-30)26(15-27(33)32-17-28(34)35-3)36-18-22-11-5-4-6-12-22/h4-16,19,30H,17-18H2,1-3H3,(H,32,33). The number of hydrogen-bond donors (Lipinski definition) is 2. The van der Waals surface area contributed by atoms with Gasteiger partial charge in [-0.3, -0.25) is 15.0 Å². The zero-order chi connectivity index (χ0) is 26.6. The molecule has 8 heteroatoms. The van der Waals surface area contributed by atoms with Crippen molar-refractivity contribution in [2.24, 2.45) is 4.99 Å². The first-order chi connectivity index (χ1) is 17.9. The second-order valence-corrected chi connectivity index (χ2v) is 8.02. The maximum Gasteiger partial charge on any atom is 0.325 e. The Kier molecular flexibility index (Phi) is 9.73. The van der Waals surface area contributed by atoms with E-state index in [0.29, 0.717) is 22.6 Å². The Morgan fingerprint density at radius 3 is 2.35 bits per heavy atom. The third-order valence-electron chi connectivity index (χ3n) is 5.36. The van der Waals surface area contributed by atoms with Gasteiger partial charge in [0.1, 0.15) is 36.7 Å². The first-order valence-corrected chi connectivity index (χ1v) is 11.6. The van der Waals surface area contributed by atoms with Crippen molar-refractivity contribution in [2.45, 2.75) is 20.5 Å². The molecular formula is C29H29N3O5. The van der Waals surface area contributed by atoms with Gasteiger partial charge in [0.15, 0.2) is 0 Å². The molecule has 37 heavy (non-hydrogen) atoms. The Balaban J connectivity index is 2.05. The molecule has 0 aliphatic heterocycles. The maximum absolute atomic E-state index is 12.7. The van der Waals surface area contributed by atoms with E-state index in [2.05, 4.69) is 15.0 Å². The Hall–Kier alpha value is -4.72. The molecule has 2 N–H and O–H groups in total. The maximum atomic E-state index is 12.7. The zero-order valence-electron chi connectivity index (χ0n) is 21.0. The number of benzene rings is 3. The van der Waals surface area contributed by atoms with Crippen molar-refractivity contribution in [3.63, 3.8) is 0 Å². The van der Waals surface area contributed by atoms with Gasteiger partial charge in [0.05, 0.1) is 7.11 Å². The molecule has 0 saturated heterocycles. The second kappa shape index (κ2) is 13.4. The van der Waals surface area contributed by atoms with Gasteiger partial charge in [-0.15, -0.1) is 0 Å². The summed E-state index contributed by atoms with van der Waals surface area (Å²) in [6.45, 7) is 3.82.